The van der Waals surface area contributed by atoms with Gasteiger partial charge in [-0.15, -0.1) is 0 Å². The number of carbonyl (C=O) groups is 1. The van der Waals surface area contributed by atoms with Gasteiger partial charge >= 0.3 is 5.97 Å². The summed E-state index contributed by atoms with van der Waals surface area (Å²) in [6.07, 6.45) is 2.73. The topological polar surface area (TPSA) is 55.8 Å². The molecule has 0 aromatic heterocycles. The first kappa shape index (κ1) is 14.5. The molecular formula is C14H14F2O4. The summed E-state index contributed by atoms with van der Waals surface area (Å²) in [4.78, 5) is 10.3. The maximum absolute atomic E-state index is 13.7. The van der Waals surface area contributed by atoms with Gasteiger partial charge in [0.25, 0.3) is 0 Å². The van der Waals surface area contributed by atoms with Gasteiger partial charge in [0.05, 0.1) is 13.2 Å². The molecule has 1 aliphatic rings. The number of hydrogen-bond donors (Lipinski definition) is 1. The van der Waals surface area contributed by atoms with Gasteiger partial charge in [-0.2, -0.15) is 0 Å². The third kappa shape index (κ3) is 3.77. The van der Waals surface area contributed by atoms with E-state index in [2.05, 4.69) is 0 Å². The SMILES string of the molecule is O=C(O)C=Cc1cc(F)c(OCC2CCOC2)c(F)c1. The molecule has 0 amide bonds. The summed E-state index contributed by atoms with van der Waals surface area (Å²) in [6.45, 7) is 1.36. The number of rotatable bonds is 5. The van der Waals surface area contributed by atoms with Crippen LogP contribution in [0.15, 0.2) is 18.2 Å². The quantitative estimate of drug-likeness (QED) is 0.844. The second kappa shape index (κ2) is 6.47. The average molecular weight is 284 g/mol. The standard InChI is InChI=1S/C14H14F2O4/c15-11-5-9(1-2-13(17)18)6-12(16)14(11)20-8-10-3-4-19-7-10/h1-2,5-6,10H,3-4,7-8H2,(H,17,18). The van der Waals surface area contributed by atoms with Crippen molar-refractivity contribution in [2.75, 3.05) is 19.8 Å². The Bertz CT molecular complexity index is 499. The first-order valence-corrected chi connectivity index (χ1v) is 6.17. The third-order valence-electron chi connectivity index (χ3n) is 2.93. The van der Waals surface area contributed by atoms with Crippen molar-refractivity contribution in [3.8, 4) is 5.75 Å². The van der Waals surface area contributed by atoms with Crippen LogP contribution in [0.2, 0.25) is 0 Å². The van der Waals surface area contributed by atoms with E-state index >= 15 is 0 Å². The number of ether oxygens (including phenoxy) is 2. The van der Waals surface area contributed by atoms with Crippen molar-refractivity contribution in [3.05, 3.63) is 35.4 Å². The average Bonchev–Trinajstić information content (AvgIpc) is 2.88. The fraction of sp³-hybridized carbons (Fsp3) is 0.357. The molecule has 1 fully saturated rings. The Hall–Kier alpha value is -1.95. The molecule has 1 N–H and O–H groups in total. The number of carboxylic acid groups (broad SMARTS) is 1. The summed E-state index contributed by atoms with van der Waals surface area (Å²) < 4.78 is 37.8. The predicted molar refractivity (Wildman–Crippen MR) is 67.4 cm³/mol. The summed E-state index contributed by atoms with van der Waals surface area (Å²) in [7, 11) is 0. The maximum atomic E-state index is 13.7. The van der Waals surface area contributed by atoms with Crippen LogP contribution in [-0.2, 0) is 9.53 Å². The molecule has 1 saturated heterocycles. The normalized spacial score (nSPS) is 18.6. The van der Waals surface area contributed by atoms with Gasteiger partial charge < -0.3 is 14.6 Å². The van der Waals surface area contributed by atoms with Crippen molar-refractivity contribution in [1.29, 1.82) is 0 Å². The van der Waals surface area contributed by atoms with Gasteiger partial charge in [-0.25, -0.2) is 13.6 Å². The molecule has 1 aromatic rings. The van der Waals surface area contributed by atoms with Gasteiger partial charge in [0.1, 0.15) is 0 Å². The Kier molecular flexibility index (Phi) is 4.68. The van der Waals surface area contributed by atoms with Gasteiger partial charge in [-0.05, 0) is 30.2 Å². The first-order chi connectivity index (χ1) is 9.56. The molecule has 2 rings (SSSR count). The molecule has 0 radical (unpaired) electrons. The molecule has 20 heavy (non-hydrogen) atoms. The van der Waals surface area contributed by atoms with Crippen LogP contribution in [0.1, 0.15) is 12.0 Å². The Labute approximate surface area is 114 Å². The van der Waals surface area contributed by atoms with Gasteiger partial charge in [0.15, 0.2) is 17.4 Å². The molecule has 0 bridgehead atoms. The van der Waals surface area contributed by atoms with E-state index in [-0.39, 0.29) is 18.1 Å². The lowest BCUT2D eigenvalue weighted by atomic mass is 10.1. The minimum atomic E-state index is -1.19. The molecule has 6 heteroatoms. The zero-order valence-electron chi connectivity index (χ0n) is 10.6. The van der Waals surface area contributed by atoms with Gasteiger partial charge in [0.2, 0.25) is 0 Å². The van der Waals surface area contributed by atoms with Gasteiger partial charge in [-0.1, -0.05) is 0 Å². The van der Waals surface area contributed by atoms with Crippen LogP contribution in [-0.4, -0.2) is 30.9 Å². The van der Waals surface area contributed by atoms with Gasteiger partial charge in [0, 0.05) is 18.6 Å². The molecule has 1 heterocycles. The maximum Gasteiger partial charge on any atom is 0.328 e. The summed E-state index contributed by atoms with van der Waals surface area (Å²) in [5.74, 6) is -3.19. The van der Waals surface area contributed by atoms with E-state index in [0.717, 1.165) is 30.7 Å². The van der Waals surface area contributed by atoms with E-state index in [4.69, 9.17) is 14.6 Å². The number of halogens is 2. The number of hydrogen-bond acceptors (Lipinski definition) is 3. The third-order valence-corrected chi connectivity index (χ3v) is 2.93. The lowest BCUT2D eigenvalue weighted by Crippen LogP contribution is -2.13. The fourth-order valence-electron chi connectivity index (χ4n) is 1.90. The fourth-order valence-corrected chi connectivity index (χ4v) is 1.90. The zero-order valence-corrected chi connectivity index (χ0v) is 10.6. The molecule has 1 aliphatic heterocycles. The summed E-state index contributed by atoms with van der Waals surface area (Å²) in [6, 6.07) is 2.06. The van der Waals surface area contributed by atoms with E-state index in [1.54, 1.807) is 0 Å². The van der Waals surface area contributed by atoms with Crippen molar-refractivity contribution in [3.63, 3.8) is 0 Å². The summed E-state index contributed by atoms with van der Waals surface area (Å²) in [5.41, 5.74) is 0.124. The predicted octanol–water partition coefficient (Wildman–Crippen LogP) is 2.48. The largest absolute Gasteiger partial charge is 0.487 e. The van der Waals surface area contributed by atoms with Crippen LogP contribution in [0.25, 0.3) is 6.08 Å². The lowest BCUT2D eigenvalue weighted by Gasteiger charge is -2.12. The minimum Gasteiger partial charge on any atom is -0.487 e. The molecule has 0 saturated carbocycles. The van der Waals surface area contributed by atoms with Crippen LogP contribution in [0.4, 0.5) is 8.78 Å². The van der Waals surface area contributed by atoms with E-state index in [9.17, 15) is 13.6 Å². The monoisotopic (exact) mass is 284 g/mol. The van der Waals surface area contributed by atoms with Crippen molar-refractivity contribution >= 4 is 12.0 Å². The highest BCUT2D eigenvalue weighted by Gasteiger charge is 2.19. The summed E-state index contributed by atoms with van der Waals surface area (Å²) in [5, 5.41) is 8.46. The zero-order chi connectivity index (χ0) is 14.5. The molecule has 1 unspecified atom stereocenters. The van der Waals surface area contributed by atoms with Crippen molar-refractivity contribution in [2.45, 2.75) is 6.42 Å². The molecule has 1 atom stereocenters. The second-order valence-electron chi connectivity index (χ2n) is 4.53. The van der Waals surface area contributed by atoms with Crippen LogP contribution in [0, 0.1) is 17.6 Å². The second-order valence-corrected chi connectivity index (χ2v) is 4.53. The van der Waals surface area contributed by atoms with E-state index in [1.807, 2.05) is 0 Å². The Morgan fingerprint density at radius 1 is 1.45 bits per heavy atom. The van der Waals surface area contributed by atoms with Crippen molar-refractivity contribution in [1.82, 2.24) is 0 Å². The highest BCUT2D eigenvalue weighted by molar-refractivity contribution is 5.85. The number of carboxylic acids is 1. The van der Waals surface area contributed by atoms with Crippen molar-refractivity contribution < 1.29 is 28.2 Å². The molecular weight excluding hydrogens is 270 g/mol. The smallest absolute Gasteiger partial charge is 0.328 e. The number of benzene rings is 1. The Morgan fingerprint density at radius 2 is 2.15 bits per heavy atom. The Morgan fingerprint density at radius 3 is 2.70 bits per heavy atom. The number of aliphatic carboxylic acids is 1. The van der Waals surface area contributed by atoms with Crippen LogP contribution in [0.3, 0.4) is 0 Å². The summed E-state index contributed by atoms with van der Waals surface area (Å²) >= 11 is 0. The molecule has 0 aliphatic carbocycles. The van der Waals surface area contributed by atoms with Gasteiger partial charge in [-0.3, -0.25) is 0 Å². The van der Waals surface area contributed by atoms with E-state index in [0.29, 0.717) is 13.2 Å². The van der Waals surface area contributed by atoms with E-state index in [1.165, 1.54) is 0 Å². The molecule has 4 nitrogen and oxygen atoms in total. The minimum absolute atomic E-state index is 0.124. The van der Waals surface area contributed by atoms with Crippen LogP contribution >= 0.6 is 0 Å². The van der Waals surface area contributed by atoms with Crippen LogP contribution in [0.5, 0.6) is 5.75 Å². The molecule has 0 spiro atoms. The highest BCUT2D eigenvalue weighted by Crippen LogP contribution is 2.25. The van der Waals surface area contributed by atoms with Crippen LogP contribution < -0.4 is 4.74 Å². The highest BCUT2D eigenvalue weighted by atomic mass is 19.1. The Balaban J connectivity index is 2.07. The lowest BCUT2D eigenvalue weighted by molar-refractivity contribution is -0.131. The van der Waals surface area contributed by atoms with Crippen molar-refractivity contribution in [2.24, 2.45) is 5.92 Å². The van der Waals surface area contributed by atoms with E-state index < -0.39 is 23.4 Å². The molecule has 108 valence electrons. The first-order valence-electron chi connectivity index (χ1n) is 6.17. The molecule has 1 aromatic carbocycles.